The Kier molecular flexibility index (Phi) is 8.68. The Morgan fingerprint density at radius 3 is 2.24 bits per heavy atom. The SMILES string of the molecule is CCOc1ccc(NS(=O)(=O)c2ccc3c(c2)C(=O)N(c2ccc(C)cc2)[C@@H](c2cccc(OC)c2)N3Cc2ccccc2)cc1. The maximum atomic E-state index is 14.6. The maximum Gasteiger partial charge on any atom is 0.262 e. The number of ether oxygens (including phenoxy) is 2. The van der Waals surface area contributed by atoms with Crippen molar-refractivity contribution in [1.29, 1.82) is 0 Å². The van der Waals surface area contributed by atoms with Crippen LogP contribution < -0.4 is 24.0 Å². The topological polar surface area (TPSA) is 88.2 Å². The summed E-state index contributed by atoms with van der Waals surface area (Å²) in [4.78, 5) is 18.5. The summed E-state index contributed by atoms with van der Waals surface area (Å²) in [5, 5.41) is 0. The van der Waals surface area contributed by atoms with Gasteiger partial charge in [-0.05, 0) is 91.7 Å². The van der Waals surface area contributed by atoms with Crippen LogP contribution >= 0.6 is 0 Å². The predicted molar refractivity (Wildman–Crippen MR) is 181 cm³/mol. The molecule has 9 heteroatoms. The lowest BCUT2D eigenvalue weighted by molar-refractivity contribution is 0.0968. The fourth-order valence-corrected chi connectivity index (χ4v) is 6.75. The van der Waals surface area contributed by atoms with Crippen molar-refractivity contribution in [2.24, 2.45) is 0 Å². The molecule has 0 radical (unpaired) electrons. The van der Waals surface area contributed by atoms with E-state index in [9.17, 15) is 13.2 Å². The van der Waals surface area contributed by atoms with E-state index < -0.39 is 16.2 Å². The molecule has 0 saturated carbocycles. The lowest BCUT2D eigenvalue weighted by Gasteiger charge is -2.46. The summed E-state index contributed by atoms with van der Waals surface area (Å²) in [7, 11) is -2.42. The number of hydrogen-bond donors (Lipinski definition) is 1. The first kappa shape index (κ1) is 30.7. The van der Waals surface area contributed by atoms with Crippen molar-refractivity contribution < 1.29 is 22.7 Å². The van der Waals surface area contributed by atoms with Crippen molar-refractivity contribution in [2.75, 3.05) is 28.2 Å². The van der Waals surface area contributed by atoms with Crippen molar-refractivity contribution in [1.82, 2.24) is 0 Å². The number of benzene rings is 5. The number of nitrogens with zero attached hydrogens (tertiary/aromatic N) is 2. The minimum Gasteiger partial charge on any atom is -0.497 e. The smallest absolute Gasteiger partial charge is 0.262 e. The molecule has 0 aromatic heterocycles. The minimum atomic E-state index is -4.03. The summed E-state index contributed by atoms with van der Waals surface area (Å²) in [6, 6.07) is 36.9. The third-order valence-corrected chi connectivity index (χ3v) is 9.27. The van der Waals surface area contributed by atoms with Crippen molar-refractivity contribution in [3.05, 3.63) is 144 Å². The Morgan fingerprint density at radius 1 is 0.804 bits per heavy atom. The van der Waals surface area contributed by atoms with Crippen LogP contribution in [0.1, 0.15) is 40.1 Å². The minimum absolute atomic E-state index is 0.0168. The molecule has 1 amide bonds. The Morgan fingerprint density at radius 2 is 1.54 bits per heavy atom. The Labute approximate surface area is 269 Å². The van der Waals surface area contributed by atoms with Crippen LogP contribution in [-0.2, 0) is 16.6 Å². The first-order chi connectivity index (χ1) is 22.3. The summed E-state index contributed by atoms with van der Waals surface area (Å²) in [6.07, 6.45) is -0.553. The largest absolute Gasteiger partial charge is 0.497 e. The number of aryl methyl sites for hydroxylation is 1. The van der Waals surface area contributed by atoms with Gasteiger partial charge in [0.1, 0.15) is 17.7 Å². The molecule has 46 heavy (non-hydrogen) atoms. The first-order valence-corrected chi connectivity index (χ1v) is 16.5. The fourth-order valence-electron chi connectivity index (χ4n) is 5.66. The number of amides is 1. The summed E-state index contributed by atoms with van der Waals surface area (Å²) in [6.45, 7) is 4.84. The van der Waals surface area contributed by atoms with Crippen LogP contribution in [0, 0.1) is 6.92 Å². The number of methoxy groups -OCH3 is 1. The molecule has 5 aromatic rings. The molecule has 0 unspecified atom stereocenters. The second-order valence-electron chi connectivity index (χ2n) is 11.0. The van der Waals surface area contributed by atoms with Crippen LogP contribution in [0.25, 0.3) is 0 Å². The van der Waals surface area contributed by atoms with Crippen molar-refractivity contribution in [3.8, 4) is 11.5 Å². The number of nitrogens with one attached hydrogen (secondary N) is 1. The number of carbonyl (C=O) groups excluding carboxylic acids is 1. The molecule has 6 rings (SSSR count). The second kappa shape index (κ2) is 13.0. The van der Waals surface area contributed by atoms with Gasteiger partial charge < -0.3 is 14.4 Å². The monoisotopic (exact) mass is 633 g/mol. The van der Waals surface area contributed by atoms with Gasteiger partial charge in [0.15, 0.2) is 0 Å². The highest BCUT2D eigenvalue weighted by molar-refractivity contribution is 7.92. The number of carbonyl (C=O) groups is 1. The molecule has 5 aromatic carbocycles. The highest BCUT2D eigenvalue weighted by Gasteiger charge is 2.40. The van der Waals surface area contributed by atoms with E-state index >= 15 is 0 Å². The van der Waals surface area contributed by atoms with E-state index in [1.807, 2.05) is 92.7 Å². The molecule has 234 valence electrons. The van der Waals surface area contributed by atoms with E-state index in [-0.39, 0.29) is 16.4 Å². The lowest BCUT2D eigenvalue weighted by atomic mass is 9.98. The number of anilines is 3. The van der Waals surface area contributed by atoms with Gasteiger partial charge in [-0.1, -0.05) is 60.2 Å². The molecule has 0 aliphatic carbocycles. The average molecular weight is 634 g/mol. The van der Waals surface area contributed by atoms with Crippen molar-refractivity contribution in [2.45, 2.75) is 31.5 Å². The zero-order chi connectivity index (χ0) is 32.3. The molecule has 0 saturated heterocycles. The highest BCUT2D eigenvalue weighted by Crippen LogP contribution is 2.43. The predicted octanol–water partition coefficient (Wildman–Crippen LogP) is 7.57. The quantitative estimate of drug-likeness (QED) is 0.171. The average Bonchev–Trinajstić information content (AvgIpc) is 3.07. The van der Waals surface area contributed by atoms with E-state index in [1.165, 1.54) is 6.07 Å². The summed E-state index contributed by atoms with van der Waals surface area (Å²) in [5.74, 6) is 1.00. The highest BCUT2D eigenvalue weighted by atomic mass is 32.2. The molecule has 1 aliphatic rings. The van der Waals surface area contributed by atoms with Crippen molar-refractivity contribution >= 4 is 33.0 Å². The zero-order valence-corrected chi connectivity index (χ0v) is 26.7. The standard InChI is InChI=1S/C37H35N3O5S/c1-4-45-31-19-15-29(16-20-31)38-46(42,43)33-21-22-35-34(24-33)37(41)40(30-17-13-26(2)14-18-30)36(28-11-8-12-32(23-28)44-3)39(35)25-27-9-6-5-7-10-27/h5-24,36,38H,4,25H2,1-3H3/t36-/m0/s1. The molecular weight excluding hydrogens is 598 g/mol. The van der Waals surface area contributed by atoms with E-state index in [1.54, 1.807) is 48.4 Å². The molecule has 1 heterocycles. The molecule has 0 spiro atoms. The third-order valence-electron chi connectivity index (χ3n) is 7.89. The normalized spacial score (nSPS) is 14.5. The second-order valence-corrected chi connectivity index (χ2v) is 12.7. The van der Waals surface area contributed by atoms with Crippen LogP contribution in [0.5, 0.6) is 11.5 Å². The maximum absolute atomic E-state index is 14.6. The van der Waals surface area contributed by atoms with Gasteiger partial charge in [0, 0.05) is 17.9 Å². The first-order valence-electron chi connectivity index (χ1n) is 15.0. The van der Waals surface area contributed by atoms with E-state index in [2.05, 4.69) is 9.62 Å². The van der Waals surface area contributed by atoms with E-state index in [0.717, 1.165) is 16.7 Å². The van der Waals surface area contributed by atoms with Crippen LogP contribution in [0.4, 0.5) is 17.1 Å². The van der Waals surface area contributed by atoms with E-state index in [0.29, 0.717) is 41.7 Å². The number of sulfonamides is 1. The fraction of sp³-hybridized carbons (Fsp3) is 0.162. The molecule has 1 atom stereocenters. The summed E-state index contributed by atoms with van der Waals surface area (Å²) >= 11 is 0. The van der Waals surface area contributed by atoms with Gasteiger partial charge in [-0.15, -0.1) is 0 Å². The third kappa shape index (κ3) is 6.27. The van der Waals surface area contributed by atoms with Crippen LogP contribution in [0.3, 0.4) is 0 Å². The van der Waals surface area contributed by atoms with Gasteiger partial charge in [0.25, 0.3) is 15.9 Å². The number of fused-ring (bicyclic) bond motifs is 1. The zero-order valence-electron chi connectivity index (χ0n) is 25.9. The van der Waals surface area contributed by atoms with Gasteiger partial charge in [-0.3, -0.25) is 14.4 Å². The molecular formula is C37H35N3O5S. The molecule has 1 aliphatic heterocycles. The lowest BCUT2D eigenvalue weighted by Crippen LogP contribution is -2.49. The Balaban J connectivity index is 1.49. The van der Waals surface area contributed by atoms with Crippen LogP contribution in [-0.4, -0.2) is 28.0 Å². The molecule has 0 bridgehead atoms. The Hall–Kier alpha value is -5.28. The van der Waals surface area contributed by atoms with Gasteiger partial charge in [-0.2, -0.15) is 0 Å². The summed E-state index contributed by atoms with van der Waals surface area (Å²) in [5.41, 5.74) is 4.93. The van der Waals surface area contributed by atoms with Gasteiger partial charge in [0.05, 0.1) is 29.9 Å². The van der Waals surface area contributed by atoms with Crippen molar-refractivity contribution in [3.63, 3.8) is 0 Å². The van der Waals surface area contributed by atoms with Gasteiger partial charge in [0.2, 0.25) is 0 Å². The van der Waals surface area contributed by atoms with Crippen LogP contribution in [0.15, 0.2) is 126 Å². The van der Waals surface area contributed by atoms with Crippen LogP contribution in [0.2, 0.25) is 0 Å². The number of rotatable bonds is 10. The van der Waals surface area contributed by atoms with Gasteiger partial charge >= 0.3 is 0 Å². The Bertz CT molecular complexity index is 1950. The molecule has 0 fully saturated rings. The summed E-state index contributed by atoms with van der Waals surface area (Å²) < 4.78 is 40.9. The molecule has 1 N–H and O–H groups in total. The number of hydrogen-bond acceptors (Lipinski definition) is 6. The van der Waals surface area contributed by atoms with E-state index in [4.69, 9.17) is 9.47 Å². The van der Waals surface area contributed by atoms with Gasteiger partial charge in [-0.25, -0.2) is 8.42 Å². The molecule has 8 nitrogen and oxygen atoms in total.